The van der Waals surface area contributed by atoms with Crippen molar-refractivity contribution >= 4 is 17.1 Å². The van der Waals surface area contributed by atoms with E-state index in [-0.39, 0.29) is 17.2 Å². The number of nitrogens with zero attached hydrogens (tertiary/aromatic N) is 2. The lowest BCUT2D eigenvalue weighted by Gasteiger charge is -2.30. The summed E-state index contributed by atoms with van der Waals surface area (Å²) >= 11 is 0. The van der Waals surface area contributed by atoms with Crippen LogP contribution in [0.15, 0.2) is 36.4 Å². The van der Waals surface area contributed by atoms with E-state index in [4.69, 9.17) is 5.73 Å². The van der Waals surface area contributed by atoms with Gasteiger partial charge < -0.3 is 10.6 Å². The van der Waals surface area contributed by atoms with E-state index in [1.807, 2.05) is 0 Å². The van der Waals surface area contributed by atoms with Crippen molar-refractivity contribution < 1.29 is 9.31 Å². The Labute approximate surface area is 120 Å². The van der Waals surface area contributed by atoms with E-state index in [0.717, 1.165) is 29.8 Å². The highest BCUT2D eigenvalue weighted by Gasteiger charge is 2.19. The zero-order valence-corrected chi connectivity index (χ0v) is 11.3. The Bertz CT molecular complexity index is 718. The number of nitro groups is 1. The normalized spacial score (nSPS) is 13.9. The zero-order chi connectivity index (χ0) is 15.0. The van der Waals surface area contributed by atoms with Crippen molar-refractivity contribution in [3.05, 3.63) is 63.5 Å². The SMILES string of the molecule is Nc1cc(N2CCc3cc(F)ccc3C2)ccc1[N+](=O)[O-]. The lowest BCUT2D eigenvalue weighted by atomic mass is 9.99. The molecule has 0 atom stereocenters. The number of benzene rings is 2. The van der Waals surface area contributed by atoms with E-state index in [1.54, 1.807) is 24.3 Å². The third-order valence-corrected chi connectivity index (χ3v) is 3.75. The molecule has 0 spiro atoms. The molecule has 0 unspecified atom stereocenters. The molecule has 3 rings (SSSR count). The topological polar surface area (TPSA) is 72.4 Å². The van der Waals surface area contributed by atoms with Crippen molar-refractivity contribution in [2.24, 2.45) is 0 Å². The number of nitrogen functional groups attached to an aromatic ring is 1. The molecule has 1 aliphatic heterocycles. The van der Waals surface area contributed by atoms with Crippen molar-refractivity contribution in [1.82, 2.24) is 0 Å². The summed E-state index contributed by atoms with van der Waals surface area (Å²) in [5.74, 6) is -0.221. The molecule has 0 fully saturated rings. The van der Waals surface area contributed by atoms with Gasteiger partial charge in [-0.15, -0.1) is 0 Å². The van der Waals surface area contributed by atoms with Gasteiger partial charge in [0.25, 0.3) is 5.69 Å². The van der Waals surface area contributed by atoms with Gasteiger partial charge in [0.1, 0.15) is 11.5 Å². The summed E-state index contributed by atoms with van der Waals surface area (Å²) in [5, 5.41) is 10.8. The van der Waals surface area contributed by atoms with Crippen LogP contribution in [0.5, 0.6) is 0 Å². The second kappa shape index (κ2) is 5.05. The van der Waals surface area contributed by atoms with Crippen LogP contribution < -0.4 is 10.6 Å². The molecule has 0 radical (unpaired) electrons. The number of hydrogen-bond donors (Lipinski definition) is 1. The van der Waals surface area contributed by atoms with Gasteiger partial charge in [0, 0.05) is 24.8 Å². The van der Waals surface area contributed by atoms with Crippen molar-refractivity contribution in [1.29, 1.82) is 0 Å². The minimum absolute atomic E-state index is 0.0850. The second-order valence-electron chi connectivity index (χ2n) is 5.08. The number of anilines is 2. The van der Waals surface area contributed by atoms with E-state index in [0.29, 0.717) is 6.54 Å². The van der Waals surface area contributed by atoms with Crippen molar-refractivity contribution in [3.63, 3.8) is 0 Å². The molecule has 0 saturated heterocycles. The van der Waals surface area contributed by atoms with Crippen LogP contribution in [0.25, 0.3) is 0 Å². The number of nitrogens with two attached hydrogens (primary N) is 1. The monoisotopic (exact) mass is 287 g/mol. The van der Waals surface area contributed by atoms with E-state index < -0.39 is 4.92 Å². The van der Waals surface area contributed by atoms with Gasteiger partial charge in [0.2, 0.25) is 0 Å². The highest BCUT2D eigenvalue weighted by molar-refractivity contribution is 5.67. The molecule has 0 aromatic heterocycles. The molecule has 6 heteroatoms. The predicted molar refractivity (Wildman–Crippen MR) is 78.7 cm³/mol. The standard InChI is InChI=1S/C15H14FN3O2/c16-12-2-1-11-9-18(6-5-10(11)7-12)13-3-4-15(19(20)21)14(17)8-13/h1-4,7-8H,5-6,9,17H2. The Balaban J connectivity index is 1.88. The van der Waals surface area contributed by atoms with Crippen LogP contribution in [-0.4, -0.2) is 11.5 Å². The van der Waals surface area contributed by atoms with Gasteiger partial charge in [0.15, 0.2) is 0 Å². The average molecular weight is 287 g/mol. The van der Waals surface area contributed by atoms with Gasteiger partial charge in [-0.3, -0.25) is 10.1 Å². The summed E-state index contributed by atoms with van der Waals surface area (Å²) < 4.78 is 13.2. The number of nitro benzene ring substituents is 1. The van der Waals surface area contributed by atoms with Gasteiger partial charge in [-0.2, -0.15) is 0 Å². The molecule has 108 valence electrons. The quantitative estimate of drug-likeness (QED) is 0.523. The summed E-state index contributed by atoms with van der Waals surface area (Å²) in [6.45, 7) is 1.38. The first-order chi connectivity index (χ1) is 10.0. The number of rotatable bonds is 2. The van der Waals surface area contributed by atoms with Crippen molar-refractivity contribution in [3.8, 4) is 0 Å². The number of hydrogen-bond acceptors (Lipinski definition) is 4. The third kappa shape index (κ3) is 2.52. The Morgan fingerprint density at radius 1 is 1.19 bits per heavy atom. The van der Waals surface area contributed by atoms with E-state index >= 15 is 0 Å². The van der Waals surface area contributed by atoms with Crippen LogP contribution in [0.1, 0.15) is 11.1 Å². The first-order valence-electron chi connectivity index (χ1n) is 6.61. The van der Waals surface area contributed by atoms with E-state index in [9.17, 15) is 14.5 Å². The molecule has 21 heavy (non-hydrogen) atoms. The highest BCUT2D eigenvalue weighted by atomic mass is 19.1. The summed E-state index contributed by atoms with van der Waals surface area (Å²) in [4.78, 5) is 12.4. The molecule has 1 heterocycles. The predicted octanol–water partition coefficient (Wildman–Crippen LogP) is 2.88. The van der Waals surface area contributed by atoms with Gasteiger partial charge in [-0.25, -0.2) is 4.39 Å². The fourth-order valence-corrected chi connectivity index (χ4v) is 2.65. The lowest BCUT2D eigenvalue weighted by molar-refractivity contribution is -0.383. The number of halogens is 1. The molecule has 0 amide bonds. The molecule has 0 bridgehead atoms. The lowest BCUT2D eigenvalue weighted by Crippen LogP contribution is -2.30. The first kappa shape index (κ1) is 13.4. The zero-order valence-electron chi connectivity index (χ0n) is 11.3. The highest BCUT2D eigenvalue weighted by Crippen LogP contribution is 2.30. The van der Waals surface area contributed by atoms with Gasteiger partial charge >= 0.3 is 0 Å². The van der Waals surface area contributed by atoms with Crippen molar-refractivity contribution in [2.75, 3.05) is 17.2 Å². The van der Waals surface area contributed by atoms with Crippen LogP contribution in [0, 0.1) is 15.9 Å². The fraction of sp³-hybridized carbons (Fsp3) is 0.200. The van der Waals surface area contributed by atoms with Crippen LogP contribution in [0.3, 0.4) is 0 Å². The average Bonchev–Trinajstić information content (AvgIpc) is 2.46. The smallest absolute Gasteiger partial charge is 0.292 e. The van der Waals surface area contributed by atoms with Gasteiger partial charge in [-0.05, 0) is 41.8 Å². The molecule has 2 aromatic rings. The third-order valence-electron chi connectivity index (χ3n) is 3.75. The van der Waals surface area contributed by atoms with Crippen LogP contribution in [0.4, 0.5) is 21.5 Å². The summed E-state index contributed by atoms with van der Waals surface area (Å²) in [5.41, 5.74) is 8.72. The fourth-order valence-electron chi connectivity index (χ4n) is 2.65. The molecule has 5 nitrogen and oxygen atoms in total. The molecule has 2 aromatic carbocycles. The first-order valence-corrected chi connectivity index (χ1v) is 6.61. The van der Waals surface area contributed by atoms with Crippen LogP contribution in [-0.2, 0) is 13.0 Å². The minimum atomic E-state index is -0.493. The minimum Gasteiger partial charge on any atom is -0.393 e. The van der Waals surface area contributed by atoms with Gasteiger partial charge in [0.05, 0.1) is 4.92 Å². The molecule has 2 N–H and O–H groups in total. The Morgan fingerprint density at radius 3 is 2.71 bits per heavy atom. The largest absolute Gasteiger partial charge is 0.393 e. The molecule has 0 saturated carbocycles. The molecule has 0 aliphatic carbocycles. The Morgan fingerprint density at radius 2 is 2.00 bits per heavy atom. The van der Waals surface area contributed by atoms with Gasteiger partial charge in [-0.1, -0.05) is 6.07 Å². The summed E-state index contributed by atoms with van der Waals surface area (Å²) in [6.07, 6.45) is 0.740. The van der Waals surface area contributed by atoms with E-state index in [2.05, 4.69) is 4.90 Å². The van der Waals surface area contributed by atoms with E-state index in [1.165, 1.54) is 12.1 Å². The van der Waals surface area contributed by atoms with Crippen LogP contribution in [0.2, 0.25) is 0 Å². The van der Waals surface area contributed by atoms with Crippen molar-refractivity contribution in [2.45, 2.75) is 13.0 Å². The Hall–Kier alpha value is -2.63. The maximum atomic E-state index is 13.2. The molecular formula is C15H14FN3O2. The molecular weight excluding hydrogens is 273 g/mol. The summed E-state index contributed by atoms with van der Waals surface area (Å²) in [6, 6.07) is 9.54. The maximum absolute atomic E-state index is 13.2. The molecule has 1 aliphatic rings. The Kier molecular flexibility index (Phi) is 3.21. The van der Waals surface area contributed by atoms with Crippen LogP contribution >= 0.6 is 0 Å². The second-order valence-corrected chi connectivity index (χ2v) is 5.08. The maximum Gasteiger partial charge on any atom is 0.292 e. The number of fused-ring (bicyclic) bond motifs is 1. The summed E-state index contributed by atoms with van der Waals surface area (Å²) in [7, 11) is 0.